The zero-order valence-electron chi connectivity index (χ0n) is 19.8. The molecule has 3 rings (SSSR count). The van der Waals surface area contributed by atoms with E-state index in [0.29, 0.717) is 0 Å². The SMILES string of the molecule is CNC(C(=O)OC)C(C)OC1OC(C)[C@H]2OC(c3ccc(COC(C)=O)cc3)OC2C1OC. The van der Waals surface area contributed by atoms with Crippen LogP contribution >= 0.6 is 0 Å². The Morgan fingerprint density at radius 1 is 1.09 bits per heavy atom. The van der Waals surface area contributed by atoms with Crippen molar-refractivity contribution in [1.29, 1.82) is 0 Å². The summed E-state index contributed by atoms with van der Waals surface area (Å²) in [6, 6.07) is 6.80. The molecule has 1 N–H and O–H groups in total. The Bertz CT molecular complexity index is 802. The summed E-state index contributed by atoms with van der Waals surface area (Å²) in [4.78, 5) is 23.0. The number of methoxy groups -OCH3 is 2. The topological polar surface area (TPSA) is 111 Å². The Labute approximate surface area is 193 Å². The van der Waals surface area contributed by atoms with Gasteiger partial charge in [0.05, 0.1) is 19.3 Å². The lowest BCUT2D eigenvalue weighted by Gasteiger charge is -2.41. The van der Waals surface area contributed by atoms with Crippen molar-refractivity contribution in [3.63, 3.8) is 0 Å². The zero-order valence-corrected chi connectivity index (χ0v) is 19.8. The molecule has 184 valence electrons. The molecule has 8 atom stereocenters. The largest absolute Gasteiger partial charge is 0.468 e. The van der Waals surface area contributed by atoms with E-state index in [1.807, 2.05) is 31.2 Å². The van der Waals surface area contributed by atoms with Gasteiger partial charge in [-0.3, -0.25) is 9.59 Å². The summed E-state index contributed by atoms with van der Waals surface area (Å²) in [5, 5.41) is 2.90. The van der Waals surface area contributed by atoms with Crippen LogP contribution in [0.5, 0.6) is 0 Å². The molecule has 0 aliphatic carbocycles. The second-order valence-electron chi connectivity index (χ2n) is 8.10. The molecule has 2 aliphatic rings. The van der Waals surface area contributed by atoms with Crippen molar-refractivity contribution >= 4 is 11.9 Å². The Balaban J connectivity index is 1.68. The molecule has 0 spiro atoms. The van der Waals surface area contributed by atoms with Crippen molar-refractivity contribution < 1.29 is 42.7 Å². The summed E-state index contributed by atoms with van der Waals surface area (Å²) < 4.78 is 40.1. The van der Waals surface area contributed by atoms with Gasteiger partial charge < -0.3 is 38.5 Å². The van der Waals surface area contributed by atoms with Crippen molar-refractivity contribution in [3.05, 3.63) is 35.4 Å². The molecule has 33 heavy (non-hydrogen) atoms. The maximum atomic E-state index is 12.0. The van der Waals surface area contributed by atoms with Gasteiger partial charge in [-0.05, 0) is 26.5 Å². The number of nitrogens with one attached hydrogen (secondary N) is 1. The summed E-state index contributed by atoms with van der Waals surface area (Å²) in [6.45, 7) is 5.23. The molecular weight excluding hydrogens is 434 g/mol. The summed E-state index contributed by atoms with van der Waals surface area (Å²) in [5.41, 5.74) is 1.69. The summed E-state index contributed by atoms with van der Waals surface area (Å²) >= 11 is 0. The van der Waals surface area contributed by atoms with Gasteiger partial charge in [-0.2, -0.15) is 0 Å². The van der Waals surface area contributed by atoms with Crippen LogP contribution in [-0.4, -0.2) is 76.1 Å². The van der Waals surface area contributed by atoms with Crippen LogP contribution < -0.4 is 5.32 Å². The minimum absolute atomic E-state index is 0.209. The molecule has 0 amide bonds. The fourth-order valence-corrected chi connectivity index (χ4v) is 4.06. The molecule has 0 saturated carbocycles. The zero-order chi connectivity index (χ0) is 24.1. The van der Waals surface area contributed by atoms with E-state index < -0.39 is 42.9 Å². The van der Waals surface area contributed by atoms with E-state index in [0.717, 1.165) is 11.1 Å². The highest BCUT2D eigenvalue weighted by Gasteiger charge is 2.53. The van der Waals surface area contributed by atoms with Crippen molar-refractivity contribution in [1.82, 2.24) is 5.32 Å². The number of carbonyl (C=O) groups excluding carboxylic acids is 2. The van der Waals surface area contributed by atoms with Gasteiger partial charge in [0, 0.05) is 19.6 Å². The predicted molar refractivity (Wildman–Crippen MR) is 115 cm³/mol. The summed E-state index contributed by atoms with van der Waals surface area (Å²) in [6.07, 6.45) is -3.63. The molecule has 2 heterocycles. The van der Waals surface area contributed by atoms with E-state index in [-0.39, 0.29) is 24.8 Å². The van der Waals surface area contributed by atoms with Gasteiger partial charge in [0.1, 0.15) is 31.0 Å². The number of hydrogen-bond acceptors (Lipinski definition) is 10. The second-order valence-corrected chi connectivity index (χ2v) is 8.10. The molecule has 2 aliphatic heterocycles. The molecule has 0 aromatic heterocycles. The second kappa shape index (κ2) is 11.4. The van der Waals surface area contributed by atoms with E-state index >= 15 is 0 Å². The van der Waals surface area contributed by atoms with E-state index in [4.69, 9.17) is 33.2 Å². The lowest BCUT2D eigenvalue weighted by atomic mass is 9.99. The number of hydrogen-bond donors (Lipinski definition) is 1. The Hall–Kier alpha value is -2.08. The van der Waals surface area contributed by atoms with Crippen LogP contribution in [0.4, 0.5) is 0 Å². The molecule has 2 fully saturated rings. The number of benzene rings is 1. The van der Waals surface area contributed by atoms with Crippen LogP contribution in [0.1, 0.15) is 38.2 Å². The molecule has 10 nitrogen and oxygen atoms in total. The van der Waals surface area contributed by atoms with E-state index in [1.54, 1.807) is 21.1 Å². The maximum Gasteiger partial charge on any atom is 0.325 e. The first kappa shape index (κ1) is 25.5. The first-order chi connectivity index (χ1) is 15.8. The number of fused-ring (bicyclic) bond motifs is 1. The van der Waals surface area contributed by atoms with E-state index in [9.17, 15) is 9.59 Å². The van der Waals surface area contributed by atoms with Gasteiger partial charge in [0.2, 0.25) is 0 Å². The highest BCUT2D eigenvalue weighted by atomic mass is 16.8. The third-order valence-corrected chi connectivity index (χ3v) is 5.84. The smallest absolute Gasteiger partial charge is 0.325 e. The minimum atomic E-state index is -0.768. The van der Waals surface area contributed by atoms with Gasteiger partial charge in [-0.15, -0.1) is 0 Å². The van der Waals surface area contributed by atoms with E-state index in [2.05, 4.69) is 5.32 Å². The van der Waals surface area contributed by atoms with Crippen LogP contribution in [-0.2, 0) is 49.4 Å². The van der Waals surface area contributed by atoms with Crippen molar-refractivity contribution in [2.75, 3.05) is 21.3 Å². The van der Waals surface area contributed by atoms with Crippen LogP contribution in [0.3, 0.4) is 0 Å². The number of carbonyl (C=O) groups is 2. The fourth-order valence-electron chi connectivity index (χ4n) is 4.06. The lowest BCUT2D eigenvalue weighted by Crippen LogP contribution is -2.58. The van der Waals surface area contributed by atoms with E-state index in [1.165, 1.54) is 14.0 Å². The van der Waals surface area contributed by atoms with Gasteiger partial charge in [-0.25, -0.2) is 0 Å². The first-order valence-electron chi connectivity index (χ1n) is 10.9. The van der Waals surface area contributed by atoms with Gasteiger partial charge in [0.15, 0.2) is 12.6 Å². The summed E-state index contributed by atoms with van der Waals surface area (Å²) in [7, 11) is 4.54. The van der Waals surface area contributed by atoms with Gasteiger partial charge in [-0.1, -0.05) is 24.3 Å². The maximum absolute atomic E-state index is 12.0. The lowest BCUT2D eigenvalue weighted by molar-refractivity contribution is -0.291. The number of rotatable bonds is 9. The molecular formula is C23H33NO9. The third-order valence-electron chi connectivity index (χ3n) is 5.84. The fraction of sp³-hybridized carbons (Fsp3) is 0.652. The Morgan fingerprint density at radius 3 is 2.33 bits per heavy atom. The monoisotopic (exact) mass is 467 g/mol. The number of likely N-dealkylation sites (N-methyl/N-ethyl adjacent to an activating group) is 1. The minimum Gasteiger partial charge on any atom is -0.468 e. The van der Waals surface area contributed by atoms with Crippen LogP contribution in [0.2, 0.25) is 0 Å². The Kier molecular flexibility index (Phi) is 8.80. The number of esters is 2. The van der Waals surface area contributed by atoms with Crippen molar-refractivity contribution in [2.45, 2.75) is 76.5 Å². The molecule has 10 heteroatoms. The highest BCUT2D eigenvalue weighted by Crippen LogP contribution is 2.40. The molecule has 0 bridgehead atoms. The van der Waals surface area contributed by atoms with Crippen molar-refractivity contribution in [3.8, 4) is 0 Å². The van der Waals surface area contributed by atoms with Crippen LogP contribution in [0, 0.1) is 0 Å². The summed E-state index contributed by atoms with van der Waals surface area (Å²) in [5.74, 6) is -0.762. The van der Waals surface area contributed by atoms with Crippen molar-refractivity contribution in [2.24, 2.45) is 0 Å². The van der Waals surface area contributed by atoms with Crippen LogP contribution in [0.15, 0.2) is 24.3 Å². The molecule has 1 aromatic carbocycles. The van der Waals surface area contributed by atoms with Gasteiger partial charge >= 0.3 is 11.9 Å². The predicted octanol–water partition coefficient (Wildman–Crippen LogP) is 1.46. The first-order valence-corrected chi connectivity index (χ1v) is 10.9. The molecule has 1 aromatic rings. The Morgan fingerprint density at radius 2 is 1.76 bits per heavy atom. The highest BCUT2D eigenvalue weighted by molar-refractivity contribution is 5.76. The third kappa shape index (κ3) is 5.89. The van der Waals surface area contributed by atoms with Crippen LogP contribution in [0.25, 0.3) is 0 Å². The number of ether oxygens (including phenoxy) is 7. The quantitative estimate of drug-likeness (QED) is 0.536. The molecule has 7 unspecified atom stereocenters. The average molecular weight is 468 g/mol. The average Bonchev–Trinajstić information content (AvgIpc) is 3.24. The van der Waals surface area contributed by atoms with Gasteiger partial charge in [0.25, 0.3) is 0 Å². The normalized spacial score (nSPS) is 30.8. The molecule has 2 saturated heterocycles. The standard InChI is InChI=1S/C23H33NO9/c1-12(17(24-4)21(26)28-6)30-23-20(27-5)19-18(13(2)31-23)32-22(33-19)16-9-7-15(8-10-16)11-29-14(3)25/h7-10,12-13,17-20,22-24H,11H2,1-6H3/t12?,13?,17?,18-,19?,20?,22?,23?/m1/s1. The molecule has 0 radical (unpaired) electrons.